The number of hydrogen-bond donors (Lipinski definition) is 3. The fraction of sp³-hybridized carbons (Fsp3) is 0.533. The topological polar surface area (TPSA) is 113 Å². The number of aryl methyl sites for hydroxylation is 1. The van der Waals surface area contributed by atoms with Crippen molar-refractivity contribution in [2.24, 2.45) is 0 Å². The van der Waals surface area contributed by atoms with E-state index in [1.54, 1.807) is 12.1 Å². The van der Waals surface area contributed by atoms with Crippen LogP contribution in [0.5, 0.6) is 0 Å². The molecule has 0 aliphatic carbocycles. The van der Waals surface area contributed by atoms with Gasteiger partial charge in [0, 0.05) is 0 Å². The molecule has 1 aromatic rings. The van der Waals surface area contributed by atoms with Crippen molar-refractivity contribution in [3.05, 3.63) is 29.8 Å². The third kappa shape index (κ3) is 4.74. The molecule has 1 aromatic carbocycles. The molecule has 3 atom stereocenters. The van der Waals surface area contributed by atoms with E-state index in [4.69, 9.17) is 9.84 Å². The van der Waals surface area contributed by atoms with Gasteiger partial charge in [0.05, 0.1) is 36.2 Å². The van der Waals surface area contributed by atoms with E-state index >= 15 is 0 Å². The van der Waals surface area contributed by atoms with E-state index in [-0.39, 0.29) is 17.9 Å². The molecule has 8 heteroatoms. The van der Waals surface area contributed by atoms with Crippen LogP contribution in [-0.2, 0) is 19.6 Å². The number of carboxylic acid groups (broad SMARTS) is 1. The quantitative estimate of drug-likeness (QED) is 0.699. The van der Waals surface area contributed by atoms with Crippen molar-refractivity contribution in [2.75, 3.05) is 6.61 Å². The molecule has 0 unspecified atom stereocenters. The van der Waals surface area contributed by atoms with Crippen molar-refractivity contribution in [3.8, 4) is 0 Å². The van der Waals surface area contributed by atoms with Gasteiger partial charge >= 0.3 is 5.97 Å². The molecule has 0 aromatic heterocycles. The summed E-state index contributed by atoms with van der Waals surface area (Å²) in [6.45, 7) is 1.49. The van der Waals surface area contributed by atoms with Crippen molar-refractivity contribution < 1.29 is 28.2 Å². The molecule has 0 spiro atoms. The summed E-state index contributed by atoms with van der Waals surface area (Å²) in [6, 6.07) is 5.86. The first kappa shape index (κ1) is 17.9. The van der Waals surface area contributed by atoms with Gasteiger partial charge in [-0.3, -0.25) is 4.79 Å². The summed E-state index contributed by atoms with van der Waals surface area (Å²) < 4.78 is 32.8. The lowest BCUT2D eigenvalue weighted by Crippen LogP contribution is -2.51. The zero-order chi connectivity index (χ0) is 17.0. The van der Waals surface area contributed by atoms with Crippen LogP contribution in [0.25, 0.3) is 0 Å². The van der Waals surface area contributed by atoms with Gasteiger partial charge in [-0.05, 0) is 31.9 Å². The van der Waals surface area contributed by atoms with Crippen LogP contribution in [0.1, 0.15) is 24.8 Å². The van der Waals surface area contributed by atoms with E-state index in [1.807, 2.05) is 6.92 Å². The Morgan fingerprint density at radius 3 is 2.52 bits per heavy atom. The molecule has 1 fully saturated rings. The van der Waals surface area contributed by atoms with Gasteiger partial charge in [-0.1, -0.05) is 17.7 Å². The highest BCUT2D eigenvalue weighted by Gasteiger charge is 2.34. The van der Waals surface area contributed by atoms with Gasteiger partial charge < -0.3 is 14.9 Å². The maximum atomic E-state index is 12.4. The normalized spacial score (nSPS) is 25.2. The van der Waals surface area contributed by atoms with E-state index in [9.17, 15) is 18.3 Å². The minimum atomic E-state index is -3.72. The third-order valence-electron chi connectivity index (χ3n) is 3.84. The average Bonchev–Trinajstić information content (AvgIpc) is 2.48. The molecule has 7 nitrogen and oxygen atoms in total. The molecule has 128 valence electrons. The Hall–Kier alpha value is -1.48. The Bertz CT molecular complexity index is 642. The summed E-state index contributed by atoms with van der Waals surface area (Å²) in [4.78, 5) is 10.9. The van der Waals surface area contributed by atoms with Gasteiger partial charge in [-0.15, -0.1) is 0 Å². The van der Waals surface area contributed by atoms with Crippen molar-refractivity contribution in [1.82, 2.24) is 4.72 Å². The predicted molar refractivity (Wildman–Crippen MR) is 82.5 cm³/mol. The number of carbonyl (C=O) groups is 1. The summed E-state index contributed by atoms with van der Waals surface area (Å²) in [5.41, 5.74) is 0.953. The summed E-state index contributed by atoms with van der Waals surface area (Å²) in [5.74, 6) is -0.981. The number of aliphatic hydroxyl groups is 1. The van der Waals surface area contributed by atoms with Crippen molar-refractivity contribution in [3.63, 3.8) is 0 Å². The Kier molecular flexibility index (Phi) is 5.74. The first-order valence-corrected chi connectivity index (χ1v) is 8.87. The van der Waals surface area contributed by atoms with E-state index in [2.05, 4.69) is 4.72 Å². The molecule has 1 heterocycles. The summed E-state index contributed by atoms with van der Waals surface area (Å²) in [6.07, 6.45) is -0.593. The van der Waals surface area contributed by atoms with Crippen LogP contribution in [0, 0.1) is 6.92 Å². The van der Waals surface area contributed by atoms with Gasteiger partial charge in [-0.25, -0.2) is 13.1 Å². The standard InChI is InChI=1S/C15H21NO6S/c1-10-2-5-12(6-3-10)23(20,21)16-13-7-4-11(8-15(18)19)22-14(13)9-17/h2-3,5-6,11,13-14,16-17H,4,7-9H2,1H3,(H,18,19)/t11-,13+,14-/m0/s1. The highest BCUT2D eigenvalue weighted by Crippen LogP contribution is 2.23. The summed E-state index contributed by atoms with van der Waals surface area (Å²) >= 11 is 0. The minimum absolute atomic E-state index is 0.146. The number of carboxylic acids is 1. The van der Waals surface area contributed by atoms with Crippen LogP contribution in [0.3, 0.4) is 0 Å². The Morgan fingerprint density at radius 1 is 1.30 bits per heavy atom. The van der Waals surface area contributed by atoms with Crippen molar-refractivity contribution >= 4 is 16.0 Å². The number of benzene rings is 1. The molecular formula is C15H21NO6S. The third-order valence-corrected chi connectivity index (χ3v) is 5.34. The van der Waals surface area contributed by atoms with E-state index in [0.717, 1.165) is 5.56 Å². The number of aliphatic carboxylic acids is 1. The summed E-state index contributed by atoms with van der Waals surface area (Å²) in [7, 11) is -3.72. The van der Waals surface area contributed by atoms with Gasteiger partial charge in [0.1, 0.15) is 0 Å². The molecule has 23 heavy (non-hydrogen) atoms. The van der Waals surface area contributed by atoms with Crippen molar-refractivity contribution in [2.45, 2.75) is 49.3 Å². The van der Waals surface area contributed by atoms with Gasteiger partial charge in [0.2, 0.25) is 10.0 Å². The number of aliphatic hydroxyl groups excluding tert-OH is 1. The Balaban J connectivity index is 2.06. The fourth-order valence-electron chi connectivity index (χ4n) is 2.60. The van der Waals surface area contributed by atoms with Gasteiger partial charge in [0.15, 0.2) is 0 Å². The zero-order valence-corrected chi connectivity index (χ0v) is 13.6. The first-order chi connectivity index (χ1) is 10.8. The van der Waals surface area contributed by atoms with E-state index < -0.39 is 34.2 Å². The molecule has 1 saturated heterocycles. The number of sulfonamides is 1. The largest absolute Gasteiger partial charge is 0.481 e. The van der Waals surface area contributed by atoms with Crippen LogP contribution < -0.4 is 4.72 Å². The highest BCUT2D eigenvalue weighted by atomic mass is 32.2. The van der Waals surface area contributed by atoms with E-state index in [0.29, 0.717) is 12.8 Å². The minimum Gasteiger partial charge on any atom is -0.481 e. The second-order valence-corrected chi connectivity index (χ2v) is 7.41. The lowest BCUT2D eigenvalue weighted by molar-refractivity contribution is -0.145. The molecule has 0 radical (unpaired) electrons. The van der Waals surface area contributed by atoms with E-state index in [1.165, 1.54) is 12.1 Å². The lowest BCUT2D eigenvalue weighted by Gasteiger charge is -2.35. The number of hydrogen-bond acceptors (Lipinski definition) is 5. The van der Waals surface area contributed by atoms with Crippen LogP contribution in [0.2, 0.25) is 0 Å². The molecule has 0 amide bonds. The molecule has 1 aliphatic rings. The smallest absolute Gasteiger partial charge is 0.305 e. The van der Waals surface area contributed by atoms with Crippen LogP contribution in [0.4, 0.5) is 0 Å². The van der Waals surface area contributed by atoms with Crippen LogP contribution in [-0.4, -0.2) is 49.5 Å². The van der Waals surface area contributed by atoms with Crippen molar-refractivity contribution in [1.29, 1.82) is 0 Å². The maximum Gasteiger partial charge on any atom is 0.305 e. The molecule has 1 aliphatic heterocycles. The summed E-state index contributed by atoms with van der Waals surface area (Å²) in [5, 5.41) is 18.2. The van der Waals surface area contributed by atoms with Crippen LogP contribution >= 0.6 is 0 Å². The first-order valence-electron chi connectivity index (χ1n) is 7.39. The second-order valence-electron chi connectivity index (χ2n) is 5.70. The number of rotatable bonds is 6. The SMILES string of the molecule is Cc1ccc(S(=O)(=O)N[C@@H]2CC[C@@H](CC(=O)O)O[C@H]2CO)cc1. The zero-order valence-electron chi connectivity index (χ0n) is 12.8. The number of nitrogens with one attached hydrogen (secondary N) is 1. The second kappa shape index (κ2) is 7.39. The number of ether oxygens (including phenoxy) is 1. The van der Waals surface area contributed by atoms with Gasteiger partial charge in [0.25, 0.3) is 0 Å². The Morgan fingerprint density at radius 2 is 1.96 bits per heavy atom. The molecule has 2 rings (SSSR count). The average molecular weight is 343 g/mol. The highest BCUT2D eigenvalue weighted by molar-refractivity contribution is 7.89. The molecular weight excluding hydrogens is 322 g/mol. The lowest BCUT2D eigenvalue weighted by atomic mass is 9.98. The van der Waals surface area contributed by atoms with Gasteiger partial charge in [-0.2, -0.15) is 0 Å². The molecule has 3 N–H and O–H groups in total. The fourth-order valence-corrected chi connectivity index (χ4v) is 3.89. The predicted octanol–water partition coefficient (Wildman–Crippen LogP) is 0.657. The monoisotopic (exact) mass is 343 g/mol. The molecule has 0 saturated carbocycles. The van der Waals surface area contributed by atoms with Crippen LogP contribution in [0.15, 0.2) is 29.2 Å². The molecule has 0 bridgehead atoms. The maximum absolute atomic E-state index is 12.4. The Labute approximate surface area is 135 Å².